The molecule has 3 heteroatoms. The highest BCUT2D eigenvalue weighted by atomic mass is 16.6. The Morgan fingerprint density at radius 3 is 1.54 bits per heavy atom. The molecule has 0 aliphatic carbocycles. The van der Waals surface area contributed by atoms with Gasteiger partial charge in [-0.1, -0.05) is 112 Å². The molecule has 26 heavy (non-hydrogen) atoms. The monoisotopic (exact) mass is 370 g/mol. The second-order valence-corrected chi connectivity index (χ2v) is 9.38. The van der Waals surface area contributed by atoms with E-state index in [4.69, 9.17) is 4.74 Å². The van der Waals surface area contributed by atoms with Gasteiger partial charge in [-0.2, -0.15) is 0 Å². The van der Waals surface area contributed by atoms with Gasteiger partial charge in [0.25, 0.3) is 0 Å². The zero-order valence-electron chi connectivity index (χ0n) is 18.3. The second kappa shape index (κ2) is 15.5. The quantitative estimate of drug-likeness (QED) is 0.180. The molecular formula is C23H46O3. The van der Waals surface area contributed by atoms with Crippen molar-refractivity contribution in [2.75, 3.05) is 0 Å². The Balaban J connectivity index is 3.28. The van der Waals surface area contributed by atoms with Crippen LogP contribution in [0.5, 0.6) is 0 Å². The molecule has 1 atom stereocenters. The lowest BCUT2D eigenvalue weighted by Crippen LogP contribution is -2.31. The molecule has 3 nitrogen and oxygen atoms in total. The van der Waals surface area contributed by atoms with Crippen LogP contribution in [-0.4, -0.2) is 17.4 Å². The van der Waals surface area contributed by atoms with Gasteiger partial charge in [-0.05, 0) is 12.3 Å². The maximum atomic E-state index is 11.7. The molecule has 0 aromatic carbocycles. The summed E-state index contributed by atoms with van der Waals surface area (Å²) in [6.45, 7) is 10.2. The molecule has 0 rings (SSSR count). The van der Waals surface area contributed by atoms with Crippen molar-refractivity contribution in [2.24, 2.45) is 11.3 Å². The van der Waals surface area contributed by atoms with Crippen molar-refractivity contribution < 1.29 is 14.6 Å². The lowest BCUT2D eigenvalue weighted by molar-refractivity contribution is -0.186. The first kappa shape index (κ1) is 25.4. The fourth-order valence-corrected chi connectivity index (χ4v) is 2.95. The summed E-state index contributed by atoms with van der Waals surface area (Å²) in [6.07, 6.45) is 16.3. The fraction of sp³-hybridized carbons (Fsp3) is 0.957. The van der Waals surface area contributed by atoms with Gasteiger partial charge in [-0.15, -0.1) is 0 Å². The number of aliphatic hydroxyl groups excluding tert-OH is 1. The average Bonchev–Trinajstić information content (AvgIpc) is 2.53. The van der Waals surface area contributed by atoms with Crippen molar-refractivity contribution >= 4 is 5.97 Å². The molecule has 0 saturated carbocycles. The largest absolute Gasteiger partial charge is 0.435 e. The van der Waals surface area contributed by atoms with Crippen LogP contribution in [-0.2, 0) is 9.53 Å². The minimum absolute atomic E-state index is 0.277. The smallest absolute Gasteiger partial charge is 0.308 e. The van der Waals surface area contributed by atoms with E-state index in [1.54, 1.807) is 0 Å². The number of hydrogen-bond acceptors (Lipinski definition) is 3. The van der Waals surface area contributed by atoms with E-state index in [0.29, 0.717) is 6.42 Å². The minimum Gasteiger partial charge on any atom is -0.435 e. The lowest BCUT2D eigenvalue weighted by atomic mass is 9.96. The Morgan fingerprint density at radius 1 is 0.769 bits per heavy atom. The average molecular weight is 371 g/mol. The zero-order valence-corrected chi connectivity index (χ0v) is 18.3. The van der Waals surface area contributed by atoms with Crippen molar-refractivity contribution in [3.63, 3.8) is 0 Å². The van der Waals surface area contributed by atoms with Crippen molar-refractivity contribution in [3.8, 4) is 0 Å². The fourth-order valence-electron chi connectivity index (χ4n) is 2.95. The van der Waals surface area contributed by atoms with Crippen LogP contribution < -0.4 is 0 Å². The summed E-state index contributed by atoms with van der Waals surface area (Å²) >= 11 is 0. The number of ether oxygens (including phenoxy) is 1. The molecule has 0 aliphatic rings. The van der Waals surface area contributed by atoms with Gasteiger partial charge in [0.15, 0.2) is 0 Å². The van der Waals surface area contributed by atoms with Crippen LogP contribution in [0.2, 0.25) is 0 Å². The van der Waals surface area contributed by atoms with Crippen LogP contribution >= 0.6 is 0 Å². The van der Waals surface area contributed by atoms with Crippen molar-refractivity contribution in [1.29, 1.82) is 0 Å². The van der Waals surface area contributed by atoms with E-state index in [-0.39, 0.29) is 5.97 Å². The molecule has 0 aromatic rings. The van der Waals surface area contributed by atoms with Gasteiger partial charge >= 0.3 is 5.97 Å². The van der Waals surface area contributed by atoms with E-state index in [1.807, 2.05) is 20.8 Å². The highest BCUT2D eigenvalue weighted by Gasteiger charge is 2.25. The molecule has 0 aromatic heterocycles. The van der Waals surface area contributed by atoms with E-state index in [1.165, 1.54) is 70.6 Å². The molecule has 0 fully saturated rings. The van der Waals surface area contributed by atoms with Gasteiger partial charge in [0, 0.05) is 11.8 Å². The summed E-state index contributed by atoms with van der Waals surface area (Å²) in [5.41, 5.74) is -0.413. The molecule has 156 valence electrons. The number of unbranched alkanes of at least 4 members (excludes halogenated alkanes) is 11. The molecule has 0 saturated heterocycles. The van der Waals surface area contributed by atoms with E-state index in [9.17, 15) is 9.90 Å². The zero-order chi connectivity index (χ0) is 19.8. The minimum atomic E-state index is -1.01. The standard InChI is InChI=1S/C23H46O3/c1-20(2)18-16-14-12-10-8-6-7-9-11-13-15-17-19-21(24)26-22(25)23(3,4)5/h20,22,25H,6-19H2,1-5H3. The third-order valence-corrected chi connectivity index (χ3v) is 4.90. The molecule has 0 radical (unpaired) electrons. The SMILES string of the molecule is CC(C)CCCCCCCCCCCCCCC(=O)OC(O)C(C)(C)C. The summed E-state index contributed by atoms with van der Waals surface area (Å²) in [5, 5.41) is 9.74. The highest BCUT2D eigenvalue weighted by molar-refractivity contribution is 5.69. The Labute approximate surface area is 163 Å². The van der Waals surface area contributed by atoms with Crippen LogP contribution in [0.3, 0.4) is 0 Å². The molecule has 0 heterocycles. The third-order valence-electron chi connectivity index (χ3n) is 4.90. The summed E-state index contributed by atoms with van der Waals surface area (Å²) in [7, 11) is 0. The summed E-state index contributed by atoms with van der Waals surface area (Å²) in [6, 6.07) is 0. The highest BCUT2D eigenvalue weighted by Crippen LogP contribution is 2.20. The van der Waals surface area contributed by atoms with E-state index in [0.717, 1.165) is 18.8 Å². The Bertz CT molecular complexity index is 331. The first-order valence-electron chi connectivity index (χ1n) is 11.1. The Morgan fingerprint density at radius 2 is 1.15 bits per heavy atom. The van der Waals surface area contributed by atoms with Gasteiger partial charge in [-0.25, -0.2) is 0 Å². The molecule has 0 aliphatic heterocycles. The topological polar surface area (TPSA) is 46.5 Å². The van der Waals surface area contributed by atoms with Crippen LogP contribution in [0.4, 0.5) is 0 Å². The maximum Gasteiger partial charge on any atom is 0.308 e. The second-order valence-electron chi connectivity index (χ2n) is 9.38. The van der Waals surface area contributed by atoms with E-state index in [2.05, 4.69) is 13.8 Å². The van der Waals surface area contributed by atoms with Crippen molar-refractivity contribution in [2.45, 2.75) is 131 Å². The molecule has 1 unspecified atom stereocenters. The van der Waals surface area contributed by atoms with Gasteiger partial charge in [-0.3, -0.25) is 4.79 Å². The van der Waals surface area contributed by atoms with Crippen LogP contribution in [0.25, 0.3) is 0 Å². The number of rotatable bonds is 16. The first-order chi connectivity index (χ1) is 12.2. The molecule has 1 N–H and O–H groups in total. The number of esters is 1. The molecule has 0 spiro atoms. The third kappa shape index (κ3) is 16.9. The number of aliphatic hydroxyl groups is 1. The van der Waals surface area contributed by atoms with Crippen LogP contribution in [0.1, 0.15) is 125 Å². The van der Waals surface area contributed by atoms with Gasteiger partial charge in [0.1, 0.15) is 0 Å². The summed E-state index contributed by atoms with van der Waals surface area (Å²) in [5.74, 6) is 0.580. The first-order valence-corrected chi connectivity index (χ1v) is 11.1. The van der Waals surface area contributed by atoms with Crippen molar-refractivity contribution in [1.82, 2.24) is 0 Å². The summed E-state index contributed by atoms with van der Waals surface area (Å²) < 4.78 is 5.05. The van der Waals surface area contributed by atoms with Crippen LogP contribution in [0, 0.1) is 11.3 Å². The molecular weight excluding hydrogens is 324 g/mol. The van der Waals surface area contributed by atoms with Crippen LogP contribution in [0.15, 0.2) is 0 Å². The predicted molar refractivity (Wildman–Crippen MR) is 111 cm³/mol. The van der Waals surface area contributed by atoms with Gasteiger partial charge in [0.05, 0.1) is 0 Å². The molecule has 0 amide bonds. The maximum absolute atomic E-state index is 11.7. The van der Waals surface area contributed by atoms with Crippen molar-refractivity contribution in [3.05, 3.63) is 0 Å². The molecule has 0 bridgehead atoms. The Hall–Kier alpha value is -0.570. The predicted octanol–water partition coefficient (Wildman–Crippen LogP) is 7.01. The number of carbonyl (C=O) groups excluding carboxylic acids is 1. The normalized spacial score (nSPS) is 13.2. The van der Waals surface area contributed by atoms with Gasteiger partial charge in [0.2, 0.25) is 6.29 Å². The van der Waals surface area contributed by atoms with Gasteiger partial charge < -0.3 is 9.84 Å². The summed E-state index contributed by atoms with van der Waals surface area (Å²) in [4.78, 5) is 11.7. The number of hydrogen-bond donors (Lipinski definition) is 1. The Kier molecular flexibility index (Phi) is 15.1. The lowest BCUT2D eigenvalue weighted by Gasteiger charge is -2.25. The van der Waals surface area contributed by atoms with E-state index < -0.39 is 11.7 Å². The van der Waals surface area contributed by atoms with E-state index >= 15 is 0 Å². The number of carbonyl (C=O) groups is 1.